The van der Waals surface area contributed by atoms with Crippen molar-refractivity contribution >= 4 is 159 Å². The second kappa shape index (κ2) is 27.9. The number of H-pyrrole nitrogens is 1. The Morgan fingerprint density at radius 3 is 1.38 bits per heavy atom. The molecule has 0 aliphatic heterocycles. The Morgan fingerprint density at radius 1 is 0.536 bits per heavy atom. The largest absolute Gasteiger partial charge is 0.411 e. The number of aliphatic hydroxyl groups is 1. The Labute approximate surface area is 566 Å². The van der Waals surface area contributed by atoms with Gasteiger partial charge in [0.1, 0.15) is 46.2 Å². The summed E-state index contributed by atoms with van der Waals surface area (Å²) in [5.41, 5.74) is 14.7. The molecule has 15 aromatic rings. The van der Waals surface area contributed by atoms with Crippen molar-refractivity contribution in [2.75, 3.05) is 20.3 Å². The molecule has 15 rings (SSSR count). The second-order valence-electron chi connectivity index (χ2n) is 25.5. The maximum Gasteiger partial charge on any atom is 0.291 e. The number of thiazole rings is 3. The van der Waals surface area contributed by atoms with Crippen LogP contribution >= 0.6 is 34.0 Å². The van der Waals surface area contributed by atoms with E-state index in [9.17, 15) is 19.2 Å². The van der Waals surface area contributed by atoms with Crippen LogP contribution in [0.5, 0.6) is 0 Å². The van der Waals surface area contributed by atoms with Gasteiger partial charge in [0.2, 0.25) is 0 Å². The van der Waals surface area contributed by atoms with E-state index in [4.69, 9.17) is 25.5 Å². The SMILES string of the molecule is CO.Cn1c2nc(/C=N/O)sc2c2cnn(Cc3cccc4c3cnn4COCC[Si](C)(C)C)c(=O)c21.Cn1c2nc(C=O)sc2c2cnn(Cc3cccc4c3cnn4COCC[Si](C)(C)C)c(=O)c21.Cn1c2nc(CN)sc2c2cnn(Cc3cccc4[nH]ncc34)c(=O)c21. The molecule has 0 radical (unpaired) electrons. The number of carbonyl (C=O) groups is 1. The molecule has 28 nitrogen and oxygen atoms in total. The zero-order valence-corrected chi connectivity index (χ0v) is 59.5. The van der Waals surface area contributed by atoms with Crippen LogP contribution in [-0.4, -0.2) is 147 Å². The molecular formula is C64H72N20O8S3Si2. The molecule has 97 heavy (non-hydrogen) atoms. The van der Waals surface area contributed by atoms with E-state index in [-0.39, 0.29) is 16.7 Å². The minimum atomic E-state index is -1.14. The number of nitrogens with two attached hydrogens (primary N) is 1. The van der Waals surface area contributed by atoms with Gasteiger partial charge in [-0.15, -0.1) is 34.0 Å². The van der Waals surface area contributed by atoms with Crippen molar-refractivity contribution < 1.29 is 24.6 Å². The van der Waals surface area contributed by atoms with Crippen LogP contribution < -0.4 is 22.4 Å². The molecule has 0 amide bonds. The predicted molar refractivity (Wildman–Crippen MR) is 386 cm³/mol. The van der Waals surface area contributed by atoms with Crippen LogP contribution in [0.15, 0.2) is 111 Å². The number of aromatic amines is 1. The van der Waals surface area contributed by atoms with E-state index in [1.807, 2.05) is 95.0 Å². The van der Waals surface area contributed by atoms with Crippen molar-refractivity contribution in [1.29, 1.82) is 0 Å². The van der Waals surface area contributed by atoms with Crippen LogP contribution in [0.2, 0.25) is 51.4 Å². The summed E-state index contributed by atoms with van der Waals surface area (Å²) in [7, 11) is 4.17. The molecule has 502 valence electrons. The van der Waals surface area contributed by atoms with Gasteiger partial charge in [-0.1, -0.05) is 80.8 Å². The molecule has 0 spiro atoms. The maximum absolute atomic E-state index is 13.4. The topological polar surface area (TPSA) is 337 Å². The second-order valence-corrected chi connectivity index (χ2v) is 39.8. The third-order valence-electron chi connectivity index (χ3n) is 16.6. The minimum Gasteiger partial charge on any atom is -0.411 e. The number of aliphatic hydroxyl groups excluding tert-OH is 1. The van der Waals surface area contributed by atoms with Crippen LogP contribution in [0.3, 0.4) is 0 Å². The molecule has 0 bridgehead atoms. The molecule has 0 unspecified atom stereocenters. The number of benzene rings is 3. The highest BCUT2D eigenvalue weighted by Gasteiger charge is 2.23. The van der Waals surface area contributed by atoms with E-state index in [1.165, 1.54) is 54.3 Å². The normalized spacial score (nSPS) is 12.2. The molecule has 12 heterocycles. The fourth-order valence-electron chi connectivity index (χ4n) is 11.5. The van der Waals surface area contributed by atoms with Gasteiger partial charge < -0.3 is 39.2 Å². The van der Waals surface area contributed by atoms with E-state index in [2.05, 4.69) is 95.1 Å². The molecule has 5 N–H and O–H groups in total. The average Bonchev–Trinajstić information content (AvgIpc) is 1.60. The fourth-order valence-corrected chi connectivity index (χ4v) is 15.9. The lowest BCUT2D eigenvalue weighted by molar-refractivity contribution is 0.0816. The summed E-state index contributed by atoms with van der Waals surface area (Å²) < 4.78 is 27.8. The lowest BCUT2D eigenvalue weighted by Crippen LogP contribution is -2.24. The molecular weight excluding hydrogens is 1330 g/mol. The van der Waals surface area contributed by atoms with E-state index < -0.39 is 16.1 Å². The first-order chi connectivity index (χ1) is 46.7. The molecule has 0 fully saturated rings. The van der Waals surface area contributed by atoms with Crippen molar-refractivity contribution in [3.8, 4) is 0 Å². The number of oxime groups is 1. The van der Waals surface area contributed by atoms with Gasteiger partial charge >= 0.3 is 0 Å². The minimum absolute atomic E-state index is 0.134. The lowest BCUT2D eigenvalue weighted by atomic mass is 10.1. The van der Waals surface area contributed by atoms with Crippen LogP contribution in [0.25, 0.3) is 96.5 Å². The number of nitrogens with zero attached hydrogens (tertiary/aromatic N) is 18. The molecule has 12 aromatic heterocycles. The van der Waals surface area contributed by atoms with Crippen LogP contribution in [0.4, 0.5) is 0 Å². The summed E-state index contributed by atoms with van der Waals surface area (Å²) in [6.45, 7) is 17.7. The van der Waals surface area contributed by atoms with Crippen LogP contribution in [0, 0.1) is 0 Å². The van der Waals surface area contributed by atoms with Crippen molar-refractivity contribution in [1.82, 2.24) is 87.8 Å². The molecule has 0 aliphatic carbocycles. The van der Waals surface area contributed by atoms with Crippen LogP contribution in [-0.2, 0) is 70.3 Å². The third-order valence-corrected chi connectivity index (χ3v) is 23.1. The average molecular weight is 1400 g/mol. The van der Waals surface area contributed by atoms with Crippen molar-refractivity contribution in [3.63, 3.8) is 0 Å². The highest BCUT2D eigenvalue weighted by atomic mass is 32.1. The molecule has 33 heteroatoms. The zero-order chi connectivity index (χ0) is 68.6. The Balaban J connectivity index is 0.000000138. The number of aryl methyl sites for hydroxylation is 3. The Morgan fingerprint density at radius 2 is 0.938 bits per heavy atom. The number of hydrogen-bond donors (Lipinski definition) is 4. The zero-order valence-electron chi connectivity index (χ0n) is 55.1. The highest BCUT2D eigenvalue weighted by molar-refractivity contribution is 7.21. The molecule has 0 saturated heterocycles. The number of rotatable bonds is 19. The van der Waals surface area contributed by atoms with Gasteiger partial charge in [-0.05, 0) is 47.0 Å². The van der Waals surface area contributed by atoms with E-state index >= 15 is 0 Å². The summed E-state index contributed by atoms with van der Waals surface area (Å²) in [6.07, 6.45) is 12.5. The highest BCUT2D eigenvalue weighted by Crippen LogP contribution is 2.34. The van der Waals surface area contributed by atoms with Gasteiger partial charge in [0, 0.05) is 96.5 Å². The van der Waals surface area contributed by atoms with Gasteiger partial charge in [0.25, 0.3) is 16.7 Å². The van der Waals surface area contributed by atoms with E-state index in [1.54, 1.807) is 41.0 Å². The third kappa shape index (κ3) is 13.4. The van der Waals surface area contributed by atoms with Gasteiger partial charge in [-0.2, -0.15) is 30.6 Å². The monoisotopic (exact) mass is 1400 g/mol. The first-order valence-corrected chi connectivity index (χ1v) is 40.8. The summed E-state index contributed by atoms with van der Waals surface area (Å²) in [5.74, 6) is 0. The molecule has 0 saturated carbocycles. The van der Waals surface area contributed by atoms with Gasteiger partial charge in [-0.3, -0.25) is 24.3 Å². The smallest absolute Gasteiger partial charge is 0.291 e. The van der Waals surface area contributed by atoms with Gasteiger partial charge in [0.05, 0.1) is 87.5 Å². The number of hydrogen-bond acceptors (Lipinski definition) is 22. The summed E-state index contributed by atoms with van der Waals surface area (Å²) in [4.78, 5) is 64.2. The van der Waals surface area contributed by atoms with Gasteiger partial charge in [0.15, 0.2) is 28.2 Å². The summed E-state index contributed by atoms with van der Waals surface area (Å²) >= 11 is 4.14. The number of nitrogens with one attached hydrogen (secondary N) is 1. The Bertz CT molecular complexity index is 5650. The maximum atomic E-state index is 13.4. The standard InChI is InChI=1S/C23H27N7O3SSi.C23H26N6O3SSi.C17H15N7OS.CH4O/c1-28-20-17(21-22(28)27-19(34-21)12-26-32)11-24-29(23(20)31)13-15-6-5-7-18-16(15)10-25-30(18)14-33-8-9-35(2,3)4;1-27-20-17(21-22(27)26-19(13-30)33-21)11-24-28(23(20)31)12-15-6-5-7-18-16(15)10-25-29(18)14-32-8-9-34(2,3)4;1-23-14-11(15-16(23)21-13(5-18)26-15)7-20-24(17(14)25)8-9-3-2-4-12-10(9)6-19-22-12;1-2/h5-7,10-12,32H,8-9,13-14H2,1-4H3;5-7,10-11,13H,8-9,12,14H2,1-4H3;2-4,6-7H,5,8,18H2,1H3,(H,19,22);2H,1H3/b26-12+;;;. The number of aldehydes is 1. The van der Waals surface area contributed by atoms with Crippen LogP contribution in [0.1, 0.15) is 36.5 Å². The number of carbonyl (C=O) groups excluding carboxylic acids is 1. The quantitative estimate of drug-likeness (QED) is 0.0146. The number of aromatic nitrogens is 18. The van der Waals surface area contributed by atoms with Gasteiger partial charge in [-0.25, -0.2) is 38.4 Å². The van der Waals surface area contributed by atoms with Crippen molar-refractivity contribution in [2.45, 2.75) is 91.0 Å². The predicted octanol–water partition coefficient (Wildman–Crippen LogP) is 9.07. The van der Waals surface area contributed by atoms with Crippen molar-refractivity contribution in [3.05, 3.63) is 155 Å². The summed E-state index contributed by atoms with van der Waals surface area (Å²) in [6, 6.07) is 20.0. The van der Waals surface area contributed by atoms with E-state index in [0.717, 1.165) is 124 Å². The first kappa shape index (κ1) is 67.4. The number of ether oxygens (including phenoxy) is 2. The summed E-state index contributed by atoms with van der Waals surface area (Å²) in [5, 5.41) is 55.2. The lowest BCUT2D eigenvalue weighted by Gasteiger charge is -2.15. The Hall–Kier alpha value is -9.59. The fraction of sp³-hybridized carbons (Fsp3) is 0.312. The molecule has 0 atom stereocenters. The Kier molecular flexibility index (Phi) is 19.4. The number of fused-ring (bicyclic) bond motifs is 12. The molecule has 3 aromatic carbocycles. The molecule has 0 aliphatic rings. The van der Waals surface area contributed by atoms with Crippen molar-refractivity contribution in [2.24, 2.45) is 32.0 Å². The van der Waals surface area contributed by atoms with E-state index in [0.29, 0.717) is 82.9 Å². The first-order valence-electron chi connectivity index (χ1n) is 31.0.